The molecule has 11 heteroatoms. The van der Waals surface area contributed by atoms with Gasteiger partial charge in [0.25, 0.3) is 0 Å². The summed E-state index contributed by atoms with van der Waals surface area (Å²) >= 11 is 0. The molecule has 0 fully saturated rings. The summed E-state index contributed by atoms with van der Waals surface area (Å²) in [5, 5.41) is 19.1. The van der Waals surface area contributed by atoms with Crippen molar-refractivity contribution >= 4 is 28.2 Å². The lowest BCUT2D eigenvalue weighted by molar-refractivity contribution is -0.387. The number of aromatic nitrogens is 4. The van der Waals surface area contributed by atoms with Gasteiger partial charge < -0.3 is 14.8 Å². The molecule has 4 rings (SSSR count). The predicted molar refractivity (Wildman–Crippen MR) is 106 cm³/mol. The molecule has 10 nitrogen and oxygen atoms in total. The van der Waals surface area contributed by atoms with E-state index in [1.165, 1.54) is 13.3 Å². The monoisotopic (exact) mass is 410 g/mol. The first-order valence-electron chi connectivity index (χ1n) is 8.65. The molecular formula is C19H15FN6O4. The Bertz CT molecular complexity index is 1260. The van der Waals surface area contributed by atoms with Gasteiger partial charge in [-0.05, 0) is 12.1 Å². The molecule has 0 aliphatic heterocycles. The van der Waals surface area contributed by atoms with E-state index in [-0.39, 0.29) is 17.4 Å². The highest BCUT2D eigenvalue weighted by Crippen LogP contribution is 2.33. The van der Waals surface area contributed by atoms with Crippen LogP contribution in [0.4, 0.5) is 21.7 Å². The lowest BCUT2D eigenvalue weighted by atomic mass is 10.2. The Labute approximate surface area is 169 Å². The quantitative estimate of drug-likeness (QED) is 0.378. The molecule has 2 aromatic carbocycles. The lowest BCUT2D eigenvalue weighted by Gasteiger charge is -2.11. The Morgan fingerprint density at radius 1 is 1.17 bits per heavy atom. The first kappa shape index (κ1) is 19.1. The molecule has 4 aromatic rings. The molecule has 0 aliphatic carbocycles. The maximum absolute atomic E-state index is 13.9. The number of nitrogens with zero attached hydrogens (tertiary/aromatic N) is 5. The minimum Gasteiger partial charge on any atom is -0.496 e. The number of hydrogen-bond acceptors (Lipinski definition) is 8. The van der Waals surface area contributed by atoms with Crippen LogP contribution in [0.1, 0.15) is 0 Å². The van der Waals surface area contributed by atoms with Gasteiger partial charge in [-0.3, -0.25) is 10.1 Å². The zero-order chi connectivity index (χ0) is 21.3. The summed E-state index contributed by atoms with van der Waals surface area (Å²) in [6.07, 6.45) is 3.17. The molecule has 0 bridgehead atoms. The number of hydrogen-bond donors (Lipinski definition) is 1. The average Bonchev–Trinajstić information content (AvgIpc) is 3.19. The van der Waals surface area contributed by atoms with Crippen molar-refractivity contribution in [2.45, 2.75) is 0 Å². The standard InChI is InChI=1S/C19H15FN6O4/c1-29-16-5-3-4-14-11(16)10-22-25(14)18-6-7-21-19(24-18)23-13-9-15(26(27)28)12(20)8-17(13)30-2/h3-10H,1-2H3,(H,21,23,24). The number of methoxy groups -OCH3 is 2. The zero-order valence-electron chi connectivity index (χ0n) is 15.9. The highest BCUT2D eigenvalue weighted by molar-refractivity contribution is 5.86. The first-order valence-corrected chi connectivity index (χ1v) is 8.65. The van der Waals surface area contributed by atoms with E-state index in [0.717, 1.165) is 23.0 Å². The van der Waals surface area contributed by atoms with Crippen LogP contribution in [-0.4, -0.2) is 38.9 Å². The Morgan fingerprint density at radius 2 is 1.97 bits per heavy atom. The highest BCUT2D eigenvalue weighted by Gasteiger charge is 2.20. The third-order valence-corrected chi connectivity index (χ3v) is 4.36. The van der Waals surface area contributed by atoms with E-state index in [0.29, 0.717) is 11.6 Å². The van der Waals surface area contributed by atoms with E-state index in [1.54, 1.807) is 24.1 Å². The van der Waals surface area contributed by atoms with Gasteiger partial charge in [0.2, 0.25) is 11.8 Å². The van der Waals surface area contributed by atoms with E-state index in [9.17, 15) is 14.5 Å². The van der Waals surface area contributed by atoms with E-state index in [2.05, 4.69) is 20.4 Å². The number of halogens is 1. The van der Waals surface area contributed by atoms with Crippen molar-refractivity contribution in [1.82, 2.24) is 19.7 Å². The fraction of sp³-hybridized carbons (Fsp3) is 0.105. The maximum atomic E-state index is 13.9. The van der Waals surface area contributed by atoms with Crippen molar-refractivity contribution in [3.8, 4) is 17.3 Å². The first-order chi connectivity index (χ1) is 14.5. The molecule has 0 aliphatic rings. The smallest absolute Gasteiger partial charge is 0.307 e. The molecule has 30 heavy (non-hydrogen) atoms. The van der Waals surface area contributed by atoms with Crippen LogP contribution in [0.5, 0.6) is 11.5 Å². The number of ether oxygens (including phenoxy) is 2. The average molecular weight is 410 g/mol. The Kier molecular flexibility index (Phi) is 4.84. The number of anilines is 2. The fourth-order valence-corrected chi connectivity index (χ4v) is 2.98. The maximum Gasteiger partial charge on any atom is 0.307 e. The van der Waals surface area contributed by atoms with Gasteiger partial charge >= 0.3 is 5.69 Å². The number of nitro groups is 1. The van der Waals surface area contributed by atoms with Crippen molar-refractivity contribution < 1.29 is 18.8 Å². The van der Waals surface area contributed by atoms with Crippen LogP contribution in [0.15, 0.2) is 48.8 Å². The minimum atomic E-state index is -1.01. The van der Waals surface area contributed by atoms with Crippen LogP contribution in [0, 0.1) is 15.9 Å². The van der Waals surface area contributed by atoms with Gasteiger partial charge in [-0.15, -0.1) is 0 Å². The third kappa shape index (κ3) is 3.32. The van der Waals surface area contributed by atoms with Crippen LogP contribution >= 0.6 is 0 Å². The number of fused-ring (bicyclic) bond motifs is 1. The van der Waals surface area contributed by atoms with Crippen molar-refractivity contribution in [3.05, 3.63) is 64.7 Å². The molecule has 0 amide bonds. The fourth-order valence-electron chi connectivity index (χ4n) is 2.98. The van der Waals surface area contributed by atoms with Crippen LogP contribution in [0.25, 0.3) is 16.7 Å². The number of nitrogens with one attached hydrogen (secondary N) is 1. The van der Waals surface area contributed by atoms with Gasteiger partial charge in [0.1, 0.15) is 11.5 Å². The summed E-state index contributed by atoms with van der Waals surface area (Å²) < 4.78 is 25.9. The highest BCUT2D eigenvalue weighted by atomic mass is 19.1. The number of nitro benzene ring substituents is 1. The van der Waals surface area contributed by atoms with Crippen molar-refractivity contribution in [3.63, 3.8) is 0 Å². The normalized spacial score (nSPS) is 10.8. The second-order valence-corrected chi connectivity index (χ2v) is 6.07. The molecule has 0 unspecified atom stereocenters. The molecule has 0 radical (unpaired) electrons. The zero-order valence-corrected chi connectivity index (χ0v) is 15.9. The van der Waals surface area contributed by atoms with Crippen LogP contribution in [0.2, 0.25) is 0 Å². The van der Waals surface area contributed by atoms with Gasteiger partial charge in [-0.1, -0.05) is 6.07 Å². The number of rotatable bonds is 6. The molecule has 0 spiro atoms. The molecule has 0 atom stereocenters. The van der Waals surface area contributed by atoms with Crippen molar-refractivity contribution in [1.29, 1.82) is 0 Å². The van der Waals surface area contributed by atoms with Gasteiger partial charge in [0.05, 0.1) is 41.9 Å². The van der Waals surface area contributed by atoms with Gasteiger partial charge in [-0.25, -0.2) is 9.67 Å². The van der Waals surface area contributed by atoms with Gasteiger partial charge in [0.15, 0.2) is 5.82 Å². The second kappa shape index (κ2) is 7.62. The third-order valence-electron chi connectivity index (χ3n) is 4.36. The Hall–Kier alpha value is -4.28. The molecule has 1 N–H and O–H groups in total. The van der Waals surface area contributed by atoms with E-state index in [4.69, 9.17) is 9.47 Å². The second-order valence-electron chi connectivity index (χ2n) is 6.07. The number of benzene rings is 2. The summed E-state index contributed by atoms with van der Waals surface area (Å²) in [6.45, 7) is 0. The van der Waals surface area contributed by atoms with Gasteiger partial charge in [0, 0.05) is 24.4 Å². The van der Waals surface area contributed by atoms with E-state index < -0.39 is 16.4 Å². The van der Waals surface area contributed by atoms with E-state index >= 15 is 0 Å². The Balaban J connectivity index is 1.74. The predicted octanol–water partition coefficient (Wildman–Crippen LogP) is 3.62. The molecule has 0 saturated carbocycles. The van der Waals surface area contributed by atoms with Crippen LogP contribution in [-0.2, 0) is 0 Å². The van der Waals surface area contributed by atoms with Crippen molar-refractivity contribution in [2.24, 2.45) is 0 Å². The van der Waals surface area contributed by atoms with Crippen LogP contribution < -0.4 is 14.8 Å². The Morgan fingerprint density at radius 3 is 2.70 bits per heavy atom. The van der Waals surface area contributed by atoms with Crippen LogP contribution in [0.3, 0.4) is 0 Å². The minimum absolute atomic E-state index is 0.0707. The summed E-state index contributed by atoms with van der Waals surface area (Å²) in [4.78, 5) is 18.8. The molecule has 152 valence electrons. The molecule has 0 saturated heterocycles. The molecule has 2 heterocycles. The molecular weight excluding hydrogens is 395 g/mol. The summed E-state index contributed by atoms with van der Waals surface area (Å²) in [5.41, 5.74) is 0.225. The van der Waals surface area contributed by atoms with Gasteiger partial charge in [-0.2, -0.15) is 14.5 Å². The van der Waals surface area contributed by atoms with E-state index in [1.807, 2.05) is 18.2 Å². The topological polar surface area (TPSA) is 117 Å². The SMILES string of the molecule is COc1cc(F)c([N+](=O)[O-])cc1Nc1nccc(-n2ncc3c(OC)cccc32)n1. The largest absolute Gasteiger partial charge is 0.496 e. The lowest BCUT2D eigenvalue weighted by Crippen LogP contribution is -2.05. The summed E-state index contributed by atoms with van der Waals surface area (Å²) in [5.74, 6) is 0.314. The summed E-state index contributed by atoms with van der Waals surface area (Å²) in [6, 6.07) is 9.14. The van der Waals surface area contributed by atoms with Crippen molar-refractivity contribution in [2.75, 3.05) is 19.5 Å². The molecule has 2 aromatic heterocycles. The summed E-state index contributed by atoms with van der Waals surface area (Å²) in [7, 11) is 2.90.